The smallest absolute Gasteiger partial charge is 0.227 e. The van der Waals surface area contributed by atoms with E-state index in [0.717, 1.165) is 19.5 Å². The van der Waals surface area contributed by atoms with Gasteiger partial charge in [-0.1, -0.05) is 0 Å². The number of aromatic nitrogens is 2. The maximum absolute atomic E-state index is 14.2. The molecule has 1 aromatic rings. The Morgan fingerprint density at radius 2 is 2.04 bits per heavy atom. The molecule has 0 aromatic carbocycles. The van der Waals surface area contributed by atoms with Crippen molar-refractivity contribution in [1.82, 2.24) is 14.9 Å². The highest BCUT2D eigenvalue weighted by Gasteiger charge is 2.41. The van der Waals surface area contributed by atoms with E-state index in [1.165, 1.54) is 6.20 Å². The molecule has 0 bridgehead atoms. The maximum Gasteiger partial charge on any atom is 0.227 e. The molecule has 3 fully saturated rings. The number of fused-ring (bicyclic) bond motifs is 1. The van der Waals surface area contributed by atoms with Gasteiger partial charge in [-0.05, 0) is 6.42 Å². The third kappa shape index (κ3) is 2.68. The minimum atomic E-state index is -0.397. The van der Waals surface area contributed by atoms with E-state index >= 15 is 0 Å². The summed E-state index contributed by atoms with van der Waals surface area (Å²) in [4.78, 5) is 26.4. The SMILES string of the molecule is CN1C(=O)C[C@@H]2CN(c3ncc(F)c(N4CCOCC4)n3)CC[C@@H]21. The maximum atomic E-state index is 14.2. The Balaban J connectivity index is 1.53. The van der Waals surface area contributed by atoms with Gasteiger partial charge in [0, 0.05) is 51.6 Å². The van der Waals surface area contributed by atoms with Crippen molar-refractivity contribution in [1.29, 1.82) is 0 Å². The van der Waals surface area contributed by atoms with Crippen molar-refractivity contribution in [3.8, 4) is 0 Å². The Kier molecular flexibility index (Phi) is 3.99. The van der Waals surface area contributed by atoms with Gasteiger partial charge in [-0.25, -0.2) is 9.37 Å². The van der Waals surface area contributed by atoms with Crippen LogP contribution < -0.4 is 9.80 Å². The Morgan fingerprint density at radius 3 is 2.83 bits per heavy atom. The molecule has 3 aliphatic heterocycles. The van der Waals surface area contributed by atoms with Crippen LogP contribution in [0.5, 0.6) is 0 Å². The first kappa shape index (κ1) is 15.6. The van der Waals surface area contributed by atoms with Gasteiger partial charge >= 0.3 is 0 Å². The van der Waals surface area contributed by atoms with Crippen molar-refractivity contribution in [3.63, 3.8) is 0 Å². The van der Waals surface area contributed by atoms with Gasteiger partial charge < -0.3 is 19.4 Å². The van der Waals surface area contributed by atoms with Crippen molar-refractivity contribution >= 4 is 17.7 Å². The Hall–Kier alpha value is -1.96. The first-order valence-electron chi connectivity index (χ1n) is 8.49. The van der Waals surface area contributed by atoms with Gasteiger partial charge in [-0.3, -0.25) is 4.79 Å². The zero-order valence-electron chi connectivity index (χ0n) is 13.8. The Bertz CT molecular complexity index is 637. The molecule has 8 heteroatoms. The molecule has 4 rings (SSSR count). The highest BCUT2D eigenvalue weighted by Crippen LogP contribution is 2.32. The number of ether oxygens (including phenoxy) is 1. The lowest BCUT2D eigenvalue weighted by atomic mass is 9.93. The van der Waals surface area contributed by atoms with Crippen LogP contribution in [0.2, 0.25) is 0 Å². The predicted molar refractivity (Wildman–Crippen MR) is 86.5 cm³/mol. The number of carbonyl (C=O) groups is 1. The molecule has 0 saturated carbocycles. The number of hydrogen-bond acceptors (Lipinski definition) is 6. The fraction of sp³-hybridized carbons (Fsp3) is 0.688. The molecule has 130 valence electrons. The summed E-state index contributed by atoms with van der Waals surface area (Å²) >= 11 is 0. The minimum Gasteiger partial charge on any atom is -0.378 e. The summed E-state index contributed by atoms with van der Waals surface area (Å²) in [7, 11) is 1.88. The number of piperidine rings is 1. The second-order valence-electron chi connectivity index (χ2n) is 6.71. The monoisotopic (exact) mass is 335 g/mol. The molecular weight excluding hydrogens is 313 g/mol. The van der Waals surface area contributed by atoms with Crippen molar-refractivity contribution in [2.75, 3.05) is 56.2 Å². The quantitative estimate of drug-likeness (QED) is 0.785. The van der Waals surface area contributed by atoms with Gasteiger partial charge in [0.05, 0.1) is 19.4 Å². The number of anilines is 2. The fourth-order valence-corrected chi connectivity index (χ4v) is 3.96. The molecule has 0 unspecified atom stereocenters. The minimum absolute atomic E-state index is 0.209. The van der Waals surface area contributed by atoms with Gasteiger partial charge in [-0.15, -0.1) is 0 Å². The van der Waals surface area contributed by atoms with Crippen molar-refractivity contribution < 1.29 is 13.9 Å². The molecule has 7 nitrogen and oxygen atoms in total. The average molecular weight is 335 g/mol. The van der Waals surface area contributed by atoms with Crippen LogP contribution in [0.15, 0.2) is 6.20 Å². The number of morpholine rings is 1. The zero-order valence-corrected chi connectivity index (χ0v) is 13.8. The number of hydrogen-bond donors (Lipinski definition) is 0. The van der Waals surface area contributed by atoms with Crippen molar-refractivity contribution in [3.05, 3.63) is 12.0 Å². The normalized spacial score (nSPS) is 27.6. The number of halogens is 1. The van der Waals surface area contributed by atoms with Crippen LogP contribution in [0.4, 0.5) is 16.2 Å². The van der Waals surface area contributed by atoms with E-state index in [2.05, 4.69) is 14.9 Å². The highest BCUT2D eigenvalue weighted by atomic mass is 19.1. The number of likely N-dealkylation sites (tertiary alicyclic amines) is 1. The summed E-state index contributed by atoms with van der Waals surface area (Å²) in [6, 6.07) is 0.313. The molecular formula is C16H22FN5O2. The van der Waals surface area contributed by atoms with Gasteiger partial charge in [-0.2, -0.15) is 4.98 Å². The lowest BCUT2D eigenvalue weighted by Crippen LogP contribution is -2.46. The predicted octanol–water partition coefficient (Wildman–Crippen LogP) is 0.509. The van der Waals surface area contributed by atoms with Crippen LogP contribution >= 0.6 is 0 Å². The van der Waals surface area contributed by atoms with E-state index in [4.69, 9.17) is 4.74 Å². The van der Waals surface area contributed by atoms with Crippen LogP contribution in [0, 0.1) is 11.7 Å². The van der Waals surface area contributed by atoms with E-state index in [1.54, 1.807) is 0 Å². The fourth-order valence-electron chi connectivity index (χ4n) is 3.96. The highest BCUT2D eigenvalue weighted by molar-refractivity contribution is 5.79. The summed E-state index contributed by atoms with van der Waals surface area (Å²) < 4.78 is 19.5. The second-order valence-corrected chi connectivity index (χ2v) is 6.71. The number of carbonyl (C=O) groups excluding carboxylic acids is 1. The molecule has 24 heavy (non-hydrogen) atoms. The number of amides is 1. The molecule has 0 radical (unpaired) electrons. The molecule has 3 saturated heterocycles. The lowest BCUT2D eigenvalue weighted by Gasteiger charge is -2.37. The number of rotatable bonds is 2. The molecule has 0 spiro atoms. The number of nitrogens with zero attached hydrogens (tertiary/aromatic N) is 5. The molecule has 2 atom stereocenters. The van der Waals surface area contributed by atoms with E-state index in [1.807, 2.05) is 16.8 Å². The molecule has 0 aliphatic carbocycles. The first-order chi connectivity index (χ1) is 11.6. The van der Waals surface area contributed by atoms with Crippen LogP contribution in [0.25, 0.3) is 0 Å². The van der Waals surface area contributed by atoms with Gasteiger partial charge in [0.25, 0.3) is 0 Å². The van der Waals surface area contributed by atoms with Crippen LogP contribution in [-0.2, 0) is 9.53 Å². The van der Waals surface area contributed by atoms with Crippen molar-refractivity contribution in [2.45, 2.75) is 18.9 Å². The first-order valence-corrected chi connectivity index (χ1v) is 8.49. The third-order valence-electron chi connectivity index (χ3n) is 5.33. The summed E-state index contributed by atoms with van der Waals surface area (Å²) in [5, 5.41) is 0. The Morgan fingerprint density at radius 1 is 1.25 bits per heavy atom. The summed E-state index contributed by atoms with van der Waals surface area (Å²) in [6.07, 6.45) is 2.74. The van der Waals surface area contributed by atoms with Gasteiger partial charge in [0.15, 0.2) is 11.6 Å². The summed E-state index contributed by atoms with van der Waals surface area (Å²) in [5.74, 6) is 1.02. The van der Waals surface area contributed by atoms with E-state index in [-0.39, 0.29) is 5.91 Å². The zero-order chi connectivity index (χ0) is 16.7. The summed E-state index contributed by atoms with van der Waals surface area (Å²) in [6.45, 7) is 3.97. The third-order valence-corrected chi connectivity index (χ3v) is 5.33. The molecule has 1 amide bonds. The second kappa shape index (κ2) is 6.16. The molecule has 0 N–H and O–H groups in total. The van der Waals surface area contributed by atoms with E-state index in [9.17, 15) is 9.18 Å². The Labute approximate surface area is 140 Å². The summed E-state index contributed by atoms with van der Waals surface area (Å²) in [5.41, 5.74) is 0. The molecule has 3 aliphatic rings. The van der Waals surface area contributed by atoms with Gasteiger partial charge in [0.1, 0.15) is 0 Å². The topological polar surface area (TPSA) is 61.8 Å². The van der Waals surface area contributed by atoms with Crippen molar-refractivity contribution in [2.24, 2.45) is 5.92 Å². The van der Waals surface area contributed by atoms with Crippen LogP contribution in [0.3, 0.4) is 0 Å². The van der Waals surface area contributed by atoms with Crippen LogP contribution in [0.1, 0.15) is 12.8 Å². The molecule has 1 aromatic heterocycles. The van der Waals surface area contributed by atoms with Crippen LogP contribution in [-0.4, -0.2) is 73.3 Å². The standard InChI is InChI=1S/C16H22FN5O2/c1-20-13-2-3-22(10-11(13)8-14(20)23)16-18-9-12(17)15(19-16)21-4-6-24-7-5-21/h9,11,13H,2-8,10H2,1H3/t11-,13+/m1/s1. The van der Waals surface area contributed by atoms with E-state index in [0.29, 0.717) is 56.5 Å². The largest absolute Gasteiger partial charge is 0.378 e. The average Bonchev–Trinajstić information content (AvgIpc) is 2.90. The van der Waals surface area contributed by atoms with E-state index < -0.39 is 5.82 Å². The lowest BCUT2D eigenvalue weighted by molar-refractivity contribution is -0.127. The van der Waals surface area contributed by atoms with Gasteiger partial charge in [0.2, 0.25) is 11.9 Å². The molecule has 4 heterocycles.